The van der Waals surface area contributed by atoms with Crippen LogP contribution in [0.25, 0.3) is 0 Å². The molecule has 1 aromatic carbocycles. The monoisotopic (exact) mass is 367 g/mol. The maximum Gasteiger partial charge on any atom is 0.147 e. The molecule has 4 nitrogen and oxygen atoms in total. The Labute approximate surface area is 156 Å². The van der Waals surface area contributed by atoms with Crippen molar-refractivity contribution in [2.45, 2.75) is 37.7 Å². The topological polar surface area (TPSA) is 41.9 Å². The van der Waals surface area contributed by atoms with Crippen molar-refractivity contribution in [3.05, 3.63) is 35.9 Å². The number of benzene rings is 1. The van der Waals surface area contributed by atoms with Crippen LogP contribution in [0.15, 0.2) is 30.3 Å². The maximum absolute atomic E-state index is 10.1. The number of aliphatic hydroxyl groups is 1. The first-order valence-electron chi connectivity index (χ1n) is 9.31. The molecular weight excluding hydrogens is 334 g/mol. The van der Waals surface area contributed by atoms with Gasteiger partial charge in [-0.05, 0) is 44.2 Å². The van der Waals surface area contributed by atoms with Crippen molar-refractivity contribution < 1.29 is 14.6 Å². The van der Waals surface area contributed by atoms with Crippen molar-refractivity contribution in [2.24, 2.45) is 0 Å². The molecule has 0 aromatic heterocycles. The van der Waals surface area contributed by atoms with Crippen molar-refractivity contribution in [2.75, 3.05) is 51.6 Å². The summed E-state index contributed by atoms with van der Waals surface area (Å²) in [5.41, 5.74) is 0.754. The molecule has 0 aliphatic carbocycles. The molecule has 0 bridgehead atoms. The fraction of sp³-hybridized carbons (Fsp3) is 0.700. The lowest BCUT2D eigenvalue weighted by atomic mass is 9.84. The van der Waals surface area contributed by atoms with E-state index in [1.54, 1.807) is 11.8 Å². The van der Waals surface area contributed by atoms with Crippen LogP contribution in [0, 0.1) is 0 Å². The number of piperidine rings is 1. The Kier molecular flexibility index (Phi) is 9.28. The lowest BCUT2D eigenvalue weighted by Crippen LogP contribution is -2.41. The smallest absolute Gasteiger partial charge is 0.147 e. The van der Waals surface area contributed by atoms with Gasteiger partial charge in [-0.2, -0.15) is 11.8 Å². The van der Waals surface area contributed by atoms with Gasteiger partial charge in [0.2, 0.25) is 0 Å². The Morgan fingerprint density at radius 1 is 1.32 bits per heavy atom. The molecular formula is C20H33NO3S. The highest BCUT2D eigenvalue weighted by Gasteiger charge is 2.32. The minimum Gasteiger partial charge on any atom is -0.395 e. The van der Waals surface area contributed by atoms with E-state index in [-0.39, 0.29) is 18.1 Å². The summed E-state index contributed by atoms with van der Waals surface area (Å²) >= 11 is 1.73. The highest BCUT2D eigenvalue weighted by molar-refractivity contribution is 7.98. The molecule has 1 unspecified atom stereocenters. The number of likely N-dealkylation sites (tertiary alicyclic amines) is 1. The van der Waals surface area contributed by atoms with Gasteiger partial charge in [-0.25, -0.2) is 0 Å². The van der Waals surface area contributed by atoms with E-state index in [1.165, 1.54) is 19.4 Å². The molecule has 0 spiro atoms. The summed E-state index contributed by atoms with van der Waals surface area (Å²) in [5.74, 6) is 0.821. The molecule has 2 rings (SSSR count). The first kappa shape index (κ1) is 20.7. The van der Waals surface area contributed by atoms with E-state index in [9.17, 15) is 5.11 Å². The summed E-state index contributed by atoms with van der Waals surface area (Å²) in [6.45, 7) is 6.40. The number of hydrogen-bond acceptors (Lipinski definition) is 5. The van der Waals surface area contributed by atoms with Crippen LogP contribution >= 0.6 is 11.8 Å². The van der Waals surface area contributed by atoms with Gasteiger partial charge in [0.25, 0.3) is 0 Å². The Bertz CT molecular complexity index is 471. The predicted molar refractivity (Wildman–Crippen MR) is 105 cm³/mol. The number of nitrogens with zero attached hydrogens (tertiary/aromatic N) is 1. The second kappa shape index (κ2) is 11.2. The van der Waals surface area contributed by atoms with E-state index in [0.717, 1.165) is 30.8 Å². The van der Waals surface area contributed by atoms with Gasteiger partial charge >= 0.3 is 0 Å². The van der Waals surface area contributed by atoms with Crippen molar-refractivity contribution >= 4 is 11.8 Å². The molecule has 1 aromatic rings. The third-order valence-corrected chi connectivity index (χ3v) is 5.72. The second-order valence-corrected chi connectivity index (χ2v) is 7.80. The van der Waals surface area contributed by atoms with E-state index >= 15 is 0 Å². The van der Waals surface area contributed by atoms with E-state index in [2.05, 4.69) is 30.2 Å². The lowest BCUT2D eigenvalue weighted by molar-refractivity contribution is -0.117. The molecule has 0 radical (unpaired) electrons. The van der Waals surface area contributed by atoms with E-state index in [1.807, 2.05) is 18.2 Å². The third-order valence-electron chi connectivity index (χ3n) is 4.88. The van der Waals surface area contributed by atoms with Gasteiger partial charge in [-0.1, -0.05) is 37.3 Å². The number of thioether (sulfide) groups is 1. The summed E-state index contributed by atoms with van der Waals surface area (Å²) in [5, 5.41) is 10.1. The fourth-order valence-electron chi connectivity index (χ4n) is 3.51. The summed E-state index contributed by atoms with van der Waals surface area (Å²) in [7, 11) is 0. The Balaban J connectivity index is 1.83. The van der Waals surface area contributed by atoms with Crippen LogP contribution in [0.4, 0.5) is 0 Å². The SMILES string of the molecule is CCCN1CCC[C@@H](OCOCC(CO)(CSC)c2ccccc2)C1. The third kappa shape index (κ3) is 6.26. The Hall–Kier alpha value is -0.590. The van der Waals surface area contributed by atoms with Crippen molar-refractivity contribution in [1.29, 1.82) is 0 Å². The van der Waals surface area contributed by atoms with Crippen LogP contribution in [-0.2, 0) is 14.9 Å². The average Bonchev–Trinajstić information content (AvgIpc) is 2.66. The van der Waals surface area contributed by atoms with Gasteiger partial charge in [-0.15, -0.1) is 0 Å². The summed E-state index contributed by atoms with van der Waals surface area (Å²) in [6.07, 6.45) is 5.82. The molecule has 1 heterocycles. The molecule has 0 saturated carbocycles. The summed E-state index contributed by atoms with van der Waals surface area (Å²) in [4.78, 5) is 2.48. The first-order chi connectivity index (χ1) is 12.2. The second-order valence-electron chi connectivity index (χ2n) is 6.94. The predicted octanol–water partition coefficient (Wildman–Crippen LogP) is 3.14. The highest BCUT2D eigenvalue weighted by atomic mass is 32.2. The molecule has 2 atom stereocenters. The molecule has 1 N–H and O–H groups in total. The summed E-state index contributed by atoms with van der Waals surface area (Å²) < 4.78 is 11.8. The number of rotatable bonds is 11. The largest absolute Gasteiger partial charge is 0.395 e. The molecule has 5 heteroatoms. The van der Waals surface area contributed by atoms with E-state index < -0.39 is 0 Å². The minimum atomic E-state index is -0.370. The van der Waals surface area contributed by atoms with E-state index in [0.29, 0.717) is 13.4 Å². The van der Waals surface area contributed by atoms with Gasteiger partial charge in [-0.3, -0.25) is 0 Å². The van der Waals surface area contributed by atoms with Gasteiger partial charge < -0.3 is 19.5 Å². The van der Waals surface area contributed by atoms with Gasteiger partial charge in [0.05, 0.1) is 24.7 Å². The Morgan fingerprint density at radius 3 is 2.80 bits per heavy atom. The van der Waals surface area contributed by atoms with Crippen molar-refractivity contribution in [3.63, 3.8) is 0 Å². The van der Waals surface area contributed by atoms with Crippen LogP contribution in [0.3, 0.4) is 0 Å². The zero-order valence-electron chi connectivity index (χ0n) is 15.7. The van der Waals surface area contributed by atoms with Crippen LogP contribution in [-0.4, -0.2) is 67.8 Å². The molecule has 1 aliphatic heterocycles. The van der Waals surface area contributed by atoms with Crippen LogP contribution in [0.1, 0.15) is 31.7 Å². The average molecular weight is 368 g/mol. The van der Waals surface area contributed by atoms with Gasteiger partial charge in [0, 0.05) is 12.3 Å². The Morgan fingerprint density at radius 2 is 2.12 bits per heavy atom. The van der Waals surface area contributed by atoms with Crippen molar-refractivity contribution in [3.8, 4) is 0 Å². The number of aliphatic hydroxyl groups excluding tert-OH is 1. The highest BCUT2D eigenvalue weighted by Crippen LogP contribution is 2.28. The van der Waals surface area contributed by atoms with Crippen LogP contribution < -0.4 is 0 Å². The number of ether oxygens (including phenoxy) is 2. The lowest BCUT2D eigenvalue weighted by Gasteiger charge is -2.34. The molecule has 1 fully saturated rings. The van der Waals surface area contributed by atoms with Gasteiger partial charge in [0.15, 0.2) is 0 Å². The summed E-state index contributed by atoms with van der Waals surface area (Å²) in [6, 6.07) is 10.2. The van der Waals surface area contributed by atoms with Gasteiger partial charge in [0.1, 0.15) is 6.79 Å². The molecule has 25 heavy (non-hydrogen) atoms. The molecule has 1 saturated heterocycles. The quantitative estimate of drug-likeness (QED) is 0.481. The maximum atomic E-state index is 10.1. The molecule has 1 aliphatic rings. The number of hydrogen-bond donors (Lipinski definition) is 1. The van der Waals surface area contributed by atoms with Crippen LogP contribution in [0.5, 0.6) is 0 Å². The van der Waals surface area contributed by atoms with E-state index in [4.69, 9.17) is 9.47 Å². The first-order valence-corrected chi connectivity index (χ1v) is 10.7. The standard InChI is InChI=1S/C20H33NO3S/c1-3-11-21-12-7-10-19(13-21)24-17-23-15-20(14-22,16-25-2)18-8-5-4-6-9-18/h4-6,8-9,19,22H,3,7,10-17H2,1-2H3/t19-,20?/m1/s1. The normalized spacial score (nSPS) is 21.2. The zero-order chi connectivity index (χ0) is 18.0. The zero-order valence-corrected chi connectivity index (χ0v) is 16.5. The fourth-order valence-corrected chi connectivity index (χ4v) is 4.40. The molecule has 0 amide bonds. The molecule has 142 valence electrons. The minimum absolute atomic E-state index is 0.0750. The van der Waals surface area contributed by atoms with Crippen molar-refractivity contribution in [1.82, 2.24) is 4.90 Å². The van der Waals surface area contributed by atoms with Crippen LogP contribution in [0.2, 0.25) is 0 Å².